The number of ether oxygens (including phenoxy) is 1. The Morgan fingerprint density at radius 3 is 2.55 bits per heavy atom. The maximum absolute atomic E-state index is 13.5. The smallest absolute Gasteiger partial charge is 0.193 e. The van der Waals surface area contributed by atoms with E-state index in [0.717, 1.165) is 44.4 Å². The maximum atomic E-state index is 13.5. The van der Waals surface area contributed by atoms with Gasteiger partial charge in [0.2, 0.25) is 0 Å². The minimum absolute atomic E-state index is 0. The summed E-state index contributed by atoms with van der Waals surface area (Å²) in [6.07, 6.45) is 0. The van der Waals surface area contributed by atoms with Crippen LogP contribution in [0.2, 0.25) is 0 Å². The fraction of sp³-hybridized carbons (Fsp3) is 0.409. The quantitative estimate of drug-likeness (QED) is 0.366. The molecule has 7 heteroatoms. The molecule has 0 radical (unpaired) electrons. The van der Waals surface area contributed by atoms with Crippen molar-refractivity contribution in [2.45, 2.75) is 12.6 Å². The van der Waals surface area contributed by atoms with Crippen LogP contribution in [0.5, 0.6) is 0 Å². The number of guanidine groups is 1. The minimum Gasteiger partial charge on any atom is -0.379 e. The predicted molar refractivity (Wildman–Crippen MR) is 126 cm³/mol. The van der Waals surface area contributed by atoms with Crippen LogP contribution in [0.4, 0.5) is 4.39 Å². The molecule has 0 amide bonds. The lowest BCUT2D eigenvalue weighted by Gasteiger charge is -2.35. The third-order valence-electron chi connectivity index (χ3n) is 5.01. The van der Waals surface area contributed by atoms with Crippen molar-refractivity contribution < 1.29 is 9.13 Å². The van der Waals surface area contributed by atoms with Crippen LogP contribution in [0.3, 0.4) is 0 Å². The van der Waals surface area contributed by atoms with Crippen molar-refractivity contribution in [2.75, 3.05) is 46.9 Å². The third-order valence-corrected chi connectivity index (χ3v) is 5.01. The maximum Gasteiger partial charge on any atom is 0.193 e. The van der Waals surface area contributed by atoms with Crippen molar-refractivity contribution in [3.8, 4) is 0 Å². The molecule has 2 aromatic rings. The standard InChI is InChI=1S/C22H29FN4O.HI/c1-24-22(26(2)17-18-7-6-10-20(23)15-18)25-16-21(19-8-4-3-5-9-19)27-11-13-28-14-12-27;/h3-10,15,21H,11-14,16-17H2,1-2H3,(H,24,25);1H. The summed E-state index contributed by atoms with van der Waals surface area (Å²) in [6.45, 7) is 4.68. The highest BCUT2D eigenvalue weighted by molar-refractivity contribution is 14.0. The molecule has 1 saturated heterocycles. The SMILES string of the molecule is CN=C(NCC(c1ccccc1)N1CCOCC1)N(C)Cc1cccc(F)c1.I. The van der Waals surface area contributed by atoms with Gasteiger partial charge in [-0.15, -0.1) is 24.0 Å². The predicted octanol–water partition coefficient (Wildman–Crippen LogP) is 3.52. The molecule has 0 saturated carbocycles. The molecule has 0 aromatic heterocycles. The molecule has 29 heavy (non-hydrogen) atoms. The van der Waals surface area contributed by atoms with E-state index in [1.807, 2.05) is 24.1 Å². The van der Waals surface area contributed by atoms with Crippen LogP contribution in [0.25, 0.3) is 0 Å². The number of nitrogens with one attached hydrogen (secondary N) is 1. The molecule has 3 rings (SSSR count). The lowest BCUT2D eigenvalue weighted by Crippen LogP contribution is -2.46. The lowest BCUT2D eigenvalue weighted by atomic mass is 10.0. The van der Waals surface area contributed by atoms with Crippen molar-refractivity contribution in [1.82, 2.24) is 15.1 Å². The summed E-state index contributed by atoms with van der Waals surface area (Å²) in [7, 11) is 3.74. The molecule has 1 fully saturated rings. The van der Waals surface area contributed by atoms with E-state index in [0.29, 0.717) is 6.54 Å². The van der Waals surface area contributed by atoms with Gasteiger partial charge < -0.3 is 15.0 Å². The molecule has 0 bridgehead atoms. The van der Waals surface area contributed by atoms with Gasteiger partial charge >= 0.3 is 0 Å². The van der Waals surface area contributed by atoms with E-state index in [-0.39, 0.29) is 35.8 Å². The van der Waals surface area contributed by atoms with Crippen LogP contribution in [0, 0.1) is 5.82 Å². The normalized spacial score (nSPS) is 16.0. The van der Waals surface area contributed by atoms with E-state index in [4.69, 9.17) is 4.74 Å². The van der Waals surface area contributed by atoms with E-state index in [1.54, 1.807) is 19.2 Å². The van der Waals surface area contributed by atoms with Gasteiger partial charge in [0, 0.05) is 40.3 Å². The molecule has 158 valence electrons. The summed E-state index contributed by atoms with van der Waals surface area (Å²) >= 11 is 0. The zero-order chi connectivity index (χ0) is 19.8. The van der Waals surface area contributed by atoms with Crippen LogP contribution >= 0.6 is 24.0 Å². The third kappa shape index (κ3) is 6.94. The first kappa shape index (κ1) is 23.6. The Kier molecular flexibility index (Phi) is 9.83. The van der Waals surface area contributed by atoms with Crippen LogP contribution < -0.4 is 5.32 Å². The summed E-state index contributed by atoms with van der Waals surface area (Å²) in [6, 6.07) is 17.5. The summed E-state index contributed by atoms with van der Waals surface area (Å²) < 4.78 is 19.0. The molecule has 0 spiro atoms. The second-order valence-corrected chi connectivity index (χ2v) is 6.99. The van der Waals surface area contributed by atoms with E-state index >= 15 is 0 Å². The molecule has 1 heterocycles. The fourth-order valence-electron chi connectivity index (χ4n) is 3.58. The molecule has 2 aromatic carbocycles. The highest BCUT2D eigenvalue weighted by Gasteiger charge is 2.23. The monoisotopic (exact) mass is 512 g/mol. The lowest BCUT2D eigenvalue weighted by molar-refractivity contribution is 0.0169. The summed E-state index contributed by atoms with van der Waals surface area (Å²) in [5.74, 6) is 0.573. The van der Waals surface area contributed by atoms with Gasteiger partial charge in [-0.25, -0.2) is 4.39 Å². The van der Waals surface area contributed by atoms with Crippen LogP contribution in [-0.2, 0) is 11.3 Å². The molecule has 1 N–H and O–H groups in total. The summed E-state index contributed by atoms with van der Waals surface area (Å²) in [4.78, 5) is 8.87. The summed E-state index contributed by atoms with van der Waals surface area (Å²) in [5.41, 5.74) is 2.19. The molecule has 1 atom stereocenters. The Balaban J connectivity index is 0.00000300. The topological polar surface area (TPSA) is 40.1 Å². The van der Waals surface area contributed by atoms with E-state index in [1.165, 1.54) is 11.6 Å². The van der Waals surface area contributed by atoms with E-state index < -0.39 is 0 Å². The van der Waals surface area contributed by atoms with Crippen molar-refractivity contribution in [3.05, 3.63) is 71.5 Å². The second kappa shape index (κ2) is 12.1. The highest BCUT2D eigenvalue weighted by Crippen LogP contribution is 2.21. The highest BCUT2D eigenvalue weighted by atomic mass is 127. The van der Waals surface area contributed by atoms with Crippen LogP contribution in [0.1, 0.15) is 17.2 Å². The first-order chi connectivity index (χ1) is 13.7. The zero-order valence-corrected chi connectivity index (χ0v) is 19.4. The minimum atomic E-state index is -0.217. The molecular formula is C22H30FIN4O. The van der Waals surface area contributed by atoms with Gasteiger partial charge in [-0.2, -0.15) is 0 Å². The van der Waals surface area contributed by atoms with Gasteiger partial charge in [0.05, 0.1) is 19.3 Å². The molecule has 5 nitrogen and oxygen atoms in total. The second-order valence-electron chi connectivity index (χ2n) is 6.99. The zero-order valence-electron chi connectivity index (χ0n) is 17.1. The first-order valence-corrected chi connectivity index (χ1v) is 9.70. The number of hydrogen-bond acceptors (Lipinski definition) is 3. The van der Waals surface area contributed by atoms with Gasteiger partial charge in [-0.3, -0.25) is 9.89 Å². The van der Waals surface area contributed by atoms with Crippen molar-refractivity contribution in [1.29, 1.82) is 0 Å². The number of benzene rings is 2. The Morgan fingerprint density at radius 2 is 1.90 bits per heavy atom. The largest absolute Gasteiger partial charge is 0.379 e. The first-order valence-electron chi connectivity index (χ1n) is 9.70. The number of nitrogens with zero attached hydrogens (tertiary/aromatic N) is 3. The summed E-state index contributed by atoms with van der Waals surface area (Å²) in [5, 5.41) is 3.50. The molecule has 1 unspecified atom stereocenters. The Hall–Kier alpha value is -1.71. The molecule has 1 aliphatic rings. The fourth-order valence-corrected chi connectivity index (χ4v) is 3.58. The van der Waals surface area contributed by atoms with E-state index in [9.17, 15) is 4.39 Å². The van der Waals surface area contributed by atoms with Gasteiger partial charge in [0.25, 0.3) is 0 Å². The Morgan fingerprint density at radius 1 is 1.17 bits per heavy atom. The van der Waals surface area contributed by atoms with E-state index in [2.05, 4.69) is 39.5 Å². The van der Waals surface area contributed by atoms with Crippen molar-refractivity contribution in [2.24, 2.45) is 4.99 Å². The number of aliphatic imine (C=N–C) groups is 1. The van der Waals surface area contributed by atoms with Crippen LogP contribution in [0.15, 0.2) is 59.6 Å². The Bertz CT molecular complexity index is 768. The van der Waals surface area contributed by atoms with Gasteiger partial charge in [0.1, 0.15) is 5.82 Å². The number of halogens is 2. The average Bonchev–Trinajstić information content (AvgIpc) is 2.72. The van der Waals surface area contributed by atoms with Crippen LogP contribution in [-0.4, -0.2) is 62.7 Å². The van der Waals surface area contributed by atoms with Crippen molar-refractivity contribution >= 4 is 29.9 Å². The Labute approximate surface area is 190 Å². The molecule has 1 aliphatic heterocycles. The number of rotatable bonds is 6. The number of hydrogen-bond donors (Lipinski definition) is 1. The van der Waals surface area contributed by atoms with Gasteiger partial charge in [0.15, 0.2) is 5.96 Å². The van der Waals surface area contributed by atoms with Crippen molar-refractivity contribution in [3.63, 3.8) is 0 Å². The number of morpholine rings is 1. The van der Waals surface area contributed by atoms with Gasteiger partial charge in [-0.05, 0) is 23.3 Å². The van der Waals surface area contributed by atoms with Gasteiger partial charge in [-0.1, -0.05) is 42.5 Å². The average molecular weight is 512 g/mol. The molecular weight excluding hydrogens is 482 g/mol. The molecule has 0 aliphatic carbocycles.